The van der Waals surface area contributed by atoms with Gasteiger partial charge in [0.1, 0.15) is 5.75 Å². The molecule has 2 atom stereocenters. The van der Waals surface area contributed by atoms with Gasteiger partial charge >= 0.3 is 0 Å². The second kappa shape index (κ2) is 9.41. The number of nitrogens with one attached hydrogen (secondary N) is 1. The Morgan fingerprint density at radius 1 is 1.41 bits per heavy atom. The van der Waals surface area contributed by atoms with Gasteiger partial charge in [-0.25, -0.2) is 0 Å². The van der Waals surface area contributed by atoms with Gasteiger partial charge in [-0.15, -0.1) is 10.2 Å². The predicted octanol–water partition coefficient (Wildman–Crippen LogP) is 4.56. The molecule has 0 aliphatic carbocycles. The number of amides is 1. The summed E-state index contributed by atoms with van der Waals surface area (Å²) in [6, 6.07) is 8.06. The minimum absolute atomic E-state index is 0.163. The molecule has 1 aromatic carbocycles. The maximum atomic E-state index is 12.9. The van der Waals surface area contributed by atoms with Crippen LogP contribution < -0.4 is 10.1 Å². The van der Waals surface area contributed by atoms with Crippen LogP contribution in [0.3, 0.4) is 0 Å². The quantitative estimate of drug-likeness (QED) is 0.680. The van der Waals surface area contributed by atoms with Gasteiger partial charge in [-0.3, -0.25) is 4.79 Å². The minimum Gasteiger partial charge on any atom is -0.495 e. The zero-order valence-corrected chi connectivity index (χ0v) is 17.6. The van der Waals surface area contributed by atoms with E-state index in [2.05, 4.69) is 27.3 Å². The Hall–Kier alpha value is -1.80. The van der Waals surface area contributed by atoms with E-state index >= 15 is 0 Å². The standard InChI is InChI=1S/C19H26N4O2S2/c1-4-14-9-7-8-12-23(14)17(24)13(2)26-19-22-21-18(27-19)20-15-10-5-6-11-16(15)25-3/h5-6,10-11,13-14H,4,7-9,12H2,1-3H3,(H,20,21). The average Bonchev–Trinajstić information content (AvgIpc) is 3.14. The Kier molecular flexibility index (Phi) is 6.95. The topological polar surface area (TPSA) is 67.4 Å². The van der Waals surface area contributed by atoms with Crippen molar-refractivity contribution in [1.29, 1.82) is 0 Å². The fourth-order valence-corrected chi connectivity index (χ4v) is 5.30. The van der Waals surface area contributed by atoms with Crippen molar-refractivity contribution in [2.75, 3.05) is 19.0 Å². The smallest absolute Gasteiger partial charge is 0.236 e. The lowest BCUT2D eigenvalue weighted by molar-refractivity contribution is -0.134. The zero-order chi connectivity index (χ0) is 19.2. The van der Waals surface area contributed by atoms with Gasteiger partial charge in [-0.2, -0.15) is 0 Å². The lowest BCUT2D eigenvalue weighted by Crippen LogP contribution is -2.46. The molecule has 2 heterocycles. The van der Waals surface area contributed by atoms with Crippen LogP contribution in [-0.2, 0) is 4.79 Å². The van der Waals surface area contributed by atoms with Gasteiger partial charge in [0.15, 0.2) is 4.34 Å². The lowest BCUT2D eigenvalue weighted by atomic mass is 10.00. The van der Waals surface area contributed by atoms with Gasteiger partial charge in [-0.1, -0.05) is 42.2 Å². The highest BCUT2D eigenvalue weighted by molar-refractivity contribution is 8.02. The van der Waals surface area contributed by atoms with E-state index in [1.165, 1.54) is 29.5 Å². The second-order valence-corrected chi connectivity index (χ2v) is 9.11. The highest BCUT2D eigenvalue weighted by Gasteiger charge is 2.29. The van der Waals surface area contributed by atoms with Gasteiger partial charge < -0.3 is 15.0 Å². The van der Waals surface area contributed by atoms with Gasteiger partial charge in [0.25, 0.3) is 0 Å². The Morgan fingerprint density at radius 2 is 2.22 bits per heavy atom. The lowest BCUT2D eigenvalue weighted by Gasteiger charge is -2.36. The number of likely N-dealkylation sites (tertiary alicyclic amines) is 1. The SMILES string of the molecule is CCC1CCCCN1C(=O)C(C)Sc1nnc(Nc2ccccc2OC)s1. The molecule has 6 nitrogen and oxygen atoms in total. The van der Waals surface area contributed by atoms with Crippen LogP contribution in [0.2, 0.25) is 0 Å². The number of hydrogen-bond donors (Lipinski definition) is 1. The number of thioether (sulfide) groups is 1. The summed E-state index contributed by atoms with van der Waals surface area (Å²) in [7, 11) is 1.64. The van der Waals surface area contributed by atoms with Crippen molar-refractivity contribution < 1.29 is 9.53 Å². The highest BCUT2D eigenvalue weighted by atomic mass is 32.2. The molecule has 1 amide bonds. The molecule has 2 aromatic rings. The number of nitrogens with zero attached hydrogens (tertiary/aromatic N) is 3. The Labute approximate surface area is 168 Å². The van der Waals surface area contributed by atoms with Gasteiger partial charge in [0.2, 0.25) is 11.0 Å². The number of para-hydroxylation sites is 2. The molecule has 1 saturated heterocycles. The van der Waals surface area contributed by atoms with E-state index < -0.39 is 0 Å². The van der Waals surface area contributed by atoms with Crippen LogP contribution in [0.5, 0.6) is 5.75 Å². The van der Waals surface area contributed by atoms with Crippen molar-refractivity contribution in [3.63, 3.8) is 0 Å². The molecule has 27 heavy (non-hydrogen) atoms. The molecule has 1 aromatic heterocycles. The first-order chi connectivity index (χ1) is 13.1. The molecular formula is C19H26N4O2S2. The number of hydrogen-bond acceptors (Lipinski definition) is 7. The van der Waals surface area contributed by atoms with E-state index in [4.69, 9.17) is 4.74 Å². The van der Waals surface area contributed by atoms with Crippen LogP contribution in [-0.4, -0.2) is 46.0 Å². The molecule has 0 spiro atoms. The van der Waals surface area contributed by atoms with Crippen molar-refractivity contribution in [2.24, 2.45) is 0 Å². The van der Waals surface area contributed by atoms with Crippen LogP contribution in [0.15, 0.2) is 28.6 Å². The van der Waals surface area contributed by atoms with Crippen LogP contribution in [0.25, 0.3) is 0 Å². The van der Waals surface area contributed by atoms with E-state index in [9.17, 15) is 4.79 Å². The summed E-state index contributed by atoms with van der Waals surface area (Å²) in [6.45, 7) is 5.00. The van der Waals surface area contributed by atoms with Gasteiger partial charge in [0.05, 0.1) is 18.0 Å². The first-order valence-electron chi connectivity index (χ1n) is 9.33. The number of carbonyl (C=O) groups is 1. The van der Waals surface area contributed by atoms with E-state index in [1.807, 2.05) is 31.2 Å². The predicted molar refractivity (Wildman–Crippen MR) is 111 cm³/mol. The Balaban J connectivity index is 1.62. The van der Waals surface area contributed by atoms with E-state index in [1.54, 1.807) is 7.11 Å². The summed E-state index contributed by atoms with van der Waals surface area (Å²) in [5.41, 5.74) is 0.843. The van der Waals surface area contributed by atoms with Crippen molar-refractivity contribution in [1.82, 2.24) is 15.1 Å². The summed E-state index contributed by atoms with van der Waals surface area (Å²) >= 11 is 2.93. The molecule has 1 N–H and O–H groups in total. The molecule has 1 aliphatic heterocycles. The molecule has 8 heteroatoms. The van der Waals surface area contributed by atoms with Crippen LogP contribution in [0.4, 0.5) is 10.8 Å². The monoisotopic (exact) mass is 406 g/mol. The number of piperidine rings is 1. The highest BCUT2D eigenvalue weighted by Crippen LogP contribution is 2.34. The molecule has 0 bridgehead atoms. The molecule has 0 radical (unpaired) electrons. The number of rotatable bonds is 7. The third-order valence-corrected chi connectivity index (χ3v) is 6.77. The molecular weight excluding hydrogens is 380 g/mol. The second-order valence-electron chi connectivity index (χ2n) is 6.55. The molecule has 3 rings (SSSR count). The largest absolute Gasteiger partial charge is 0.495 e. The fourth-order valence-electron chi connectivity index (χ4n) is 3.32. The number of anilines is 2. The molecule has 1 aliphatic rings. The molecule has 0 saturated carbocycles. The first-order valence-corrected chi connectivity index (χ1v) is 11.0. The Bertz CT molecular complexity index is 768. The number of aromatic nitrogens is 2. The Morgan fingerprint density at radius 3 is 3.00 bits per heavy atom. The summed E-state index contributed by atoms with van der Waals surface area (Å²) < 4.78 is 6.14. The summed E-state index contributed by atoms with van der Waals surface area (Å²) in [4.78, 5) is 14.9. The van der Waals surface area contributed by atoms with Crippen molar-refractivity contribution >= 4 is 39.8 Å². The van der Waals surface area contributed by atoms with Crippen molar-refractivity contribution in [3.8, 4) is 5.75 Å². The third kappa shape index (κ3) is 4.93. The van der Waals surface area contributed by atoms with E-state index in [0.29, 0.717) is 11.2 Å². The van der Waals surface area contributed by atoms with Crippen molar-refractivity contribution in [2.45, 2.75) is 55.2 Å². The van der Waals surface area contributed by atoms with Crippen LogP contribution in [0, 0.1) is 0 Å². The van der Waals surface area contributed by atoms with E-state index in [0.717, 1.165) is 41.6 Å². The molecule has 1 fully saturated rings. The maximum Gasteiger partial charge on any atom is 0.236 e. The fraction of sp³-hybridized carbons (Fsp3) is 0.526. The van der Waals surface area contributed by atoms with Crippen LogP contribution in [0.1, 0.15) is 39.5 Å². The molecule has 2 unspecified atom stereocenters. The first kappa shape index (κ1) is 19.9. The maximum absolute atomic E-state index is 12.9. The number of methoxy groups -OCH3 is 1. The summed E-state index contributed by atoms with van der Waals surface area (Å²) in [6.07, 6.45) is 4.46. The average molecular weight is 407 g/mol. The number of benzene rings is 1. The zero-order valence-electron chi connectivity index (χ0n) is 16.0. The van der Waals surface area contributed by atoms with Crippen molar-refractivity contribution in [3.05, 3.63) is 24.3 Å². The van der Waals surface area contributed by atoms with E-state index in [-0.39, 0.29) is 11.2 Å². The molecule has 146 valence electrons. The van der Waals surface area contributed by atoms with Gasteiger partial charge in [0, 0.05) is 12.6 Å². The van der Waals surface area contributed by atoms with Gasteiger partial charge in [-0.05, 0) is 44.7 Å². The normalized spacial score (nSPS) is 18.2. The summed E-state index contributed by atoms with van der Waals surface area (Å²) in [5.74, 6) is 0.960. The number of ether oxygens (including phenoxy) is 1. The third-order valence-electron chi connectivity index (χ3n) is 4.76. The summed E-state index contributed by atoms with van der Waals surface area (Å²) in [5, 5.41) is 12.2. The number of carbonyl (C=O) groups excluding carboxylic acids is 1. The van der Waals surface area contributed by atoms with Crippen LogP contribution >= 0.6 is 23.1 Å². The minimum atomic E-state index is -0.163.